The van der Waals surface area contributed by atoms with Crippen LogP contribution >= 0.6 is 0 Å². The summed E-state index contributed by atoms with van der Waals surface area (Å²) in [7, 11) is 0. The first-order valence-corrected chi connectivity index (χ1v) is 6.66. The molecule has 28 heavy (non-hydrogen) atoms. The van der Waals surface area contributed by atoms with Crippen LogP contribution in [0.1, 0.15) is 41.4 Å². The normalized spacial score (nSPS) is 8.64. The van der Waals surface area contributed by atoms with Crippen LogP contribution in [0.25, 0.3) is 0 Å². The quantitative estimate of drug-likeness (QED) is 0.340. The van der Waals surface area contributed by atoms with E-state index in [4.69, 9.17) is 10.2 Å². The van der Waals surface area contributed by atoms with Crippen LogP contribution in [0.3, 0.4) is 0 Å². The molecule has 12 heteroatoms. The van der Waals surface area contributed by atoms with Crippen molar-refractivity contribution in [3.63, 3.8) is 0 Å². The van der Waals surface area contributed by atoms with Crippen molar-refractivity contribution >= 4 is 46.9 Å². The molecule has 2 aromatic carbocycles. The Balaban J connectivity index is 0. The van der Waals surface area contributed by atoms with Crippen molar-refractivity contribution in [3.8, 4) is 0 Å². The predicted molar refractivity (Wildman–Crippen MR) is 87.0 cm³/mol. The minimum absolute atomic E-state index is 0. The van der Waals surface area contributed by atoms with E-state index in [1.165, 1.54) is 48.5 Å². The molecule has 0 saturated heterocycles. The van der Waals surface area contributed by atoms with Crippen molar-refractivity contribution in [1.29, 1.82) is 0 Å². The molecule has 0 heterocycles. The van der Waals surface area contributed by atoms with E-state index in [9.17, 15) is 29.7 Å². The molecule has 0 spiro atoms. The van der Waals surface area contributed by atoms with Crippen LogP contribution in [-0.4, -0.2) is 62.6 Å². The van der Waals surface area contributed by atoms with Crippen LogP contribution in [0.4, 0.5) is 0 Å². The molecule has 0 aliphatic heterocycles. The molecule has 144 valence electrons. The third-order valence-corrected chi connectivity index (χ3v) is 2.91. The molecule has 0 bridgehead atoms. The zero-order valence-corrected chi connectivity index (χ0v) is 15.4. The number of carboxylic acid groups (broad SMARTS) is 2. The molecular formula is C16H12MgO11. The van der Waals surface area contributed by atoms with Gasteiger partial charge in [-0.25, -0.2) is 19.2 Å². The first-order valence-electron chi connectivity index (χ1n) is 6.66. The predicted octanol–water partition coefficient (Wildman–Crippen LogP) is -1.57. The fourth-order valence-electron chi connectivity index (χ4n) is 1.78. The second-order valence-corrected chi connectivity index (χ2v) is 4.44. The van der Waals surface area contributed by atoms with Gasteiger partial charge in [0, 0.05) is 0 Å². The van der Waals surface area contributed by atoms with E-state index in [1.807, 2.05) is 0 Å². The van der Waals surface area contributed by atoms with Gasteiger partial charge in [-0.2, -0.15) is 0 Å². The van der Waals surface area contributed by atoms with Crippen molar-refractivity contribution < 1.29 is 55.2 Å². The van der Waals surface area contributed by atoms with Gasteiger partial charge < -0.3 is 36.0 Å². The molecule has 2 aromatic rings. The van der Waals surface area contributed by atoms with E-state index in [0.29, 0.717) is 0 Å². The van der Waals surface area contributed by atoms with Crippen LogP contribution < -0.4 is 10.5 Å². The van der Waals surface area contributed by atoms with Crippen molar-refractivity contribution in [3.05, 3.63) is 70.8 Å². The summed E-state index contributed by atoms with van der Waals surface area (Å²) in [5, 5.41) is 36.7. The molecule has 0 fully saturated rings. The Morgan fingerprint density at radius 3 is 1.11 bits per heavy atom. The maximum absolute atomic E-state index is 10.7. The number of carbonyl (C=O) groups is 4. The van der Waals surface area contributed by atoms with Crippen LogP contribution in [-0.2, 0) is 9.78 Å². The number of carboxylic acids is 2. The molecule has 0 aromatic heterocycles. The Kier molecular flexibility index (Phi) is 12.8. The van der Waals surface area contributed by atoms with Gasteiger partial charge in [-0.15, -0.1) is 0 Å². The second kappa shape index (κ2) is 13.2. The van der Waals surface area contributed by atoms with Gasteiger partial charge in [0.25, 0.3) is 0 Å². The maximum atomic E-state index is 10.7. The van der Waals surface area contributed by atoms with Crippen molar-refractivity contribution in [2.75, 3.05) is 0 Å². The van der Waals surface area contributed by atoms with E-state index in [2.05, 4.69) is 9.78 Å². The zero-order valence-electron chi connectivity index (χ0n) is 14.0. The molecule has 0 amide bonds. The van der Waals surface area contributed by atoms with Crippen LogP contribution in [0.5, 0.6) is 0 Å². The SMILES string of the molecule is O.O=C(O)c1ccccc1C(=O)O[O-].O=C(O)c1ccccc1C(=O)O[O-].[Mg+2]. The first kappa shape index (κ1) is 27.2. The molecule has 0 aliphatic rings. The Bertz CT molecular complexity index is 765. The Labute approximate surface area is 173 Å². The van der Waals surface area contributed by atoms with Crippen molar-refractivity contribution in [2.24, 2.45) is 0 Å². The van der Waals surface area contributed by atoms with Gasteiger partial charge in [0.05, 0.1) is 22.3 Å². The first-order chi connectivity index (χ1) is 12.3. The maximum Gasteiger partial charge on any atom is 2.00 e. The number of rotatable bonds is 4. The number of hydrogen-bond donors (Lipinski definition) is 2. The molecule has 11 nitrogen and oxygen atoms in total. The third-order valence-electron chi connectivity index (χ3n) is 2.91. The number of carbonyl (C=O) groups excluding carboxylic acids is 2. The summed E-state index contributed by atoms with van der Waals surface area (Å²) in [4.78, 5) is 48.9. The van der Waals surface area contributed by atoms with Gasteiger partial charge in [-0.05, 0) is 24.3 Å². The fourth-order valence-corrected chi connectivity index (χ4v) is 1.78. The summed E-state index contributed by atoms with van der Waals surface area (Å²) in [6.45, 7) is 0. The average Bonchev–Trinajstić information content (AvgIpc) is 2.67. The largest absolute Gasteiger partial charge is 2.00 e. The van der Waals surface area contributed by atoms with E-state index in [0.717, 1.165) is 0 Å². The van der Waals surface area contributed by atoms with E-state index in [1.54, 1.807) is 0 Å². The number of benzene rings is 2. The summed E-state index contributed by atoms with van der Waals surface area (Å²) < 4.78 is 0. The van der Waals surface area contributed by atoms with Crippen LogP contribution in [0.2, 0.25) is 0 Å². The number of hydrogen-bond acceptors (Lipinski definition) is 8. The smallest absolute Gasteiger partial charge is 0.661 e. The standard InChI is InChI=1S/2C8H6O5.Mg.H2O/c2*9-7(10)5-3-1-2-4-6(5)8(11)13-12;;/h2*1-4,12H,(H,9,10);;1H2/q;;+2;/p-2. The Morgan fingerprint density at radius 2 is 0.893 bits per heavy atom. The van der Waals surface area contributed by atoms with Gasteiger partial charge in [-0.3, -0.25) is 0 Å². The van der Waals surface area contributed by atoms with E-state index in [-0.39, 0.29) is 50.8 Å². The minimum atomic E-state index is -1.28. The Hall–Kier alpha value is -3.03. The van der Waals surface area contributed by atoms with Gasteiger partial charge in [0.15, 0.2) is 0 Å². The minimum Gasteiger partial charge on any atom is -0.661 e. The molecule has 4 N–H and O–H groups in total. The summed E-state index contributed by atoms with van der Waals surface area (Å²) in [6, 6.07) is 10.6. The van der Waals surface area contributed by atoms with Gasteiger partial charge >= 0.3 is 46.9 Å². The molecule has 0 saturated carbocycles. The molecule has 0 atom stereocenters. The molecule has 0 aliphatic carbocycles. The monoisotopic (exact) mass is 404 g/mol. The number of aromatic carboxylic acids is 2. The van der Waals surface area contributed by atoms with Gasteiger partial charge in [-0.1, -0.05) is 24.3 Å². The Morgan fingerprint density at radius 1 is 0.643 bits per heavy atom. The summed E-state index contributed by atoms with van der Waals surface area (Å²) in [6.07, 6.45) is 0. The molecular weight excluding hydrogens is 392 g/mol. The zero-order chi connectivity index (χ0) is 19.7. The van der Waals surface area contributed by atoms with Gasteiger partial charge in [0.1, 0.15) is 0 Å². The van der Waals surface area contributed by atoms with Crippen molar-refractivity contribution in [2.45, 2.75) is 0 Å². The summed E-state index contributed by atoms with van der Waals surface area (Å²) >= 11 is 0. The van der Waals surface area contributed by atoms with Crippen molar-refractivity contribution in [1.82, 2.24) is 0 Å². The molecule has 0 unspecified atom stereocenters. The molecule has 0 radical (unpaired) electrons. The fraction of sp³-hybridized carbons (Fsp3) is 0. The molecule has 2 rings (SSSR count). The van der Waals surface area contributed by atoms with E-state index >= 15 is 0 Å². The summed E-state index contributed by atoms with van der Waals surface area (Å²) in [5.41, 5.74) is -0.985. The average molecular weight is 405 g/mol. The van der Waals surface area contributed by atoms with Crippen LogP contribution in [0, 0.1) is 0 Å². The van der Waals surface area contributed by atoms with Crippen LogP contribution in [0.15, 0.2) is 48.5 Å². The third kappa shape index (κ3) is 7.30. The summed E-state index contributed by atoms with van der Waals surface area (Å²) in [5.74, 6) is -4.95. The van der Waals surface area contributed by atoms with Gasteiger partial charge in [0.2, 0.25) is 0 Å². The second-order valence-electron chi connectivity index (χ2n) is 4.44. The topological polar surface area (TPSA) is 205 Å². The van der Waals surface area contributed by atoms with E-state index < -0.39 is 23.9 Å².